The van der Waals surface area contributed by atoms with Crippen LogP contribution < -0.4 is 11.1 Å². The van der Waals surface area contributed by atoms with Crippen molar-refractivity contribution in [3.8, 4) is 0 Å². The number of nitrogens with zero attached hydrogens (tertiary/aromatic N) is 1. The van der Waals surface area contributed by atoms with E-state index in [1.807, 2.05) is 0 Å². The number of rotatable bonds is 8. The van der Waals surface area contributed by atoms with Gasteiger partial charge >= 0.3 is 0 Å². The monoisotopic (exact) mass is 449 g/mol. The molecule has 0 heterocycles. The van der Waals surface area contributed by atoms with E-state index in [1.165, 1.54) is 4.90 Å². The van der Waals surface area contributed by atoms with Crippen molar-refractivity contribution < 1.29 is 18.4 Å². The van der Waals surface area contributed by atoms with E-state index < -0.39 is 17.5 Å². The van der Waals surface area contributed by atoms with E-state index in [0.717, 1.165) is 37.8 Å². The number of anilines is 1. The van der Waals surface area contributed by atoms with Crippen LogP contribution in [0.25, 0.3) is 0 Å². The van der Waals surface area contributed by atoms with Crippen molar-refractivity contribution in [1.82, 2.24) is 4.90 Å². The van der Waals surface area contributed by atoms with Gasteiger partial charge in [0.15, 0.2) is 0 Å². The molecular weight excluding hydrogens is 424 g/mol. The Morgan fingerprint density at radius 2 is 1.77 bits per heavy atom. The Balaban J connectivity index is 1.79. The Kier molecular flexibility index (Phi) is 7.98. The first-order valence-electron chi connectivity index (χ1n) is 10.4. The van der Waals surface area contributed by atoms with Crippen LogP contribution in [0.2, 0.25) is 5.02 Å². The topological polar surface area (TPSA) is 75.4 Å². The second-order valence-corrected chi connectivity index (χ2v) is 8.21. The minimum atomic E-state index is -0.822. The molecule has 0 saturated heterocycles. The number of benzene rings is 2. The van der Waals surface area contributed by atoms with Crippen LogP contribution in [0.1, 0.15) is 48.0 Å². The number of carbonyl (C=O) groups is 2. The minimum Gasteiger partial charge on any atom is -0.334 e. The fourth-order valence-electron chi connectivity index (χ4n) is 3.81. The molecule has 2 amide bonds. The van der Waals surface area contributed by atoms with Crippen molar-refractivity contribution in [2.75, 3.05) is 18.4 Å². The molecule has 1 saturated carbocycles. The van der Waals surface area contributed by atoms with Gasteiger partial charge in [-0.25, -0.2) is 8.78 Å². The summed E-state index contributed by atoms with van der Waals surface area (Å²) in [5.74, 6) is -2.17. The van der Waals surface area contributed by atoms with Crippen LogP contribution in [0.3, 0.4) is 0 Å². The summed E-state index contributed by atoms with van der Waals surface area (Å²) in [5, 5.41) is 3.35. The zero-order valence-corrected chi connectivity index (χ0v) is 17.9. The minimum absolute atomic E-state index is 0.0166. The lowest BCUT2D eigenvalue weighted by atomic mass is 10.1. The molecule has 0 spiro atoms. The second-order valence-electron chi connectivity index (χ2n) is 7.80. The highest BCUT2D eigenvalue weighted by Gasteiger charge is 2.23. The number of hydrogen-bond donors (Lipinski definition) is 2. The highest BCUT2D eigenvalue weighted by atomic mass is 35.5. The predicted molar refractivity (Wildman–Crippen MR) is 117 cm³/mol. The summed E-state index contributed by atoms with van der Waals surface area (Å²) in [4.78, 5) is 26.8. The lowest BCUT2D eigenvalue weighted by Crippen LogP contribution is -2.33. The average Bonchev–Trinajstić information content (AvgIpc) is 3.27. The molecule has 3 rings (SSSR count). The molecule has 0 radical (unpaired) electrons. The first kappa shape index (κ1) is 23.2. The van der Waals surface area contributed by atoms with E-state index in [2.05, 4.69) is 5.32 Å². The van der Waals surface area contributed by atoms with Gasteiger partial charge in [0.1, 0.15) is 11.6 Å². The number of nitrogens with two attached hydrogens (primary N) is 1. The van der Waals surface area contributed by atoms with Crippen molar-refractivity contribution in [1.29, 1.82) is 0 Å². The Labute approximate surface area is 185 Å². The molecule has 3 N–H and O–H groups in total. The standard InChI is InChI=1S/C23H26ClF2N3O2/c24-21-7-6-20(28-22(30)15-4-1-2-5-15)12-17(21)14-29(9-3-8-27)23(31)16-10-18(25)13-19(26)11-16/h6-7,10-13,15H,1-5,8-9,14,27H2,(H,28,30). The molecule has 2 aromatic rings. The Hall–Kier alpha value is -2.51. The lowest BCUT2D eigenvalue weighted by molar-refractivity contribution is -0.119. The quantitative estimate of drug-likeness (QED) is 0.611. The maximum absolute atomic E-state index is 13.6. The van der Waals surface area contributed by atoms with Crippen molar-refractivity contribution in [2.24, 2.45) is 11.7 Å². The summed E-state index contributed by atoms with van der Waals surface area (Å²) in [5.41, 5.74) is 6.72. The highest BCUT2D eigenvalue weighted by molar-refractivity contribution is 6.31. The molecule has 1 fully saturated rings. The summed E-state index contributed by atoms with van der Waals surface area (Å²) < 4.78 is 27.2. The van der Waals surface area contributed by atoms with E-state index in [-0.39, 0.29) is 23.9 Å². The highest BCUT2D eigenvalue weighted by Crippen LogP contribution is 2.28. The third-order valence-electron chi connectivity index (χ3n) is 5.43. The van der Waals surface area contributed by atoms with E-state index in [9.17, 15) is 18.4 Å². The van der Waals surface area contributed by atoms with Crippen LogP contribution in [0.4, 0.5) is 14.5 Å². The summed E-state index contributed by atoms with van der Waals surface area (Å²) in [6.45, 7) is 0.762. The Bertz CT molecular complexity index is 928. The normalized spacial score (nSPS) is 13.9. The van der Waals surface area contributed by atoms with Crippen LogP contribution in [-0.4, -0.2) is 29.8 Å². The number of amides is 2. The van der Waals surface area contributed by atoms with E-state index in [1.54, 1.807) is 18.2 Å². The number of carbonyl (C=O) groups excluding carboxylic acids is 2. The third-order valence-corrected chi connectivity index (χ3v) is 5.80. The van der Waals surface area contributed by atoms with Gasteiger partial charge in [0, 0.05) is 41.3 Å². The number of nitrogens with one attached hydrogen (secondary N) is 1. The SMILES string of the molecule is NCCCN(Cc1cc(NC(=O)C2CCCC2)ccc1Cl)C(=O)c1cc(F)cc(F)c1. The molecule has 1 aliphatic carbocycles. The predicted octanol–water partition coefficient (Wildman–Crippen LogP) is 4.74. The summed E-state index contributed by atoms with van der Waals surface area (Å²) >= 11 is 6.34. The summed E-state index contributed by atoms with van der Waals surface area (Å²) in [7, 11) is 0. The zero-order chi connectivity index (χ0) is 22.4. The molecule has 31 heavy (non-hydrogen) atoms. The van der Waals surface area contributed by atoms with Crippen LogP contribution in [0.5, 0.6) is 0 Å². The van der Waals surface area contributed by atoms with Crippen molar-refractivity contribution in [3.05, 3.63) is 64.2 Å². The smallest absolute Gasteiger partial charge is 0.254 e. The molecule has 0 bridgehead atoms. The van der Waals surface area contributed by atoms with Gasteiger partial charge in [-0.3, -0.25) is 9.59 Å². The van der Waals surface area contributed by atoms with Gasteiger partial charge < -0.3 is 16.0 Å². The van der Waals surface area contributed by atoms with Crippen LogP contribution >= 0.6 is 11.6 Å². The second kappa shape index (κ2) is 10.7. The number of hydrogen-bond acceptors (Lipinski definition) is 3. The van der Waals surface area contributed by atoms with Crippen LogP contribution in [-0.2, 0) is 11.3 Å². The lowest BCUT2D eigenvalue weighted by Gasteiger charge is -2.24. The molecule has 5 nitrogen and oxygen atoms in total. The molecule has 8 heteroatoms. The summed E-state index contributed by atoms with van der Waals surface area (Å²) in [6, 6.07) is 7.82. The van der Waals surface area contributed by atoms with Crippen molar-refractivity contribution in [3.63, 3.8) is 0 Å². The Morgan fingerprint density at radius 3 is 2.42 bits per heavy atom. The molecule has 0 unspecified atom stereocenters. The molecule has 0 atom stereocenters. The van der Waals surface area contributed by atoms with Gasteiger partial charge in [-0.2, -0.15) is 0 Å². The van der Waals surface area contributed by atoms with Crippen LogP contribution in [0, 0.1) is 17.6 Å². The van der Waals surface area contributed by atoms with E-state index in [0.29, 0.717) is 41.9 Å². The Morgan fingerprint density at radius 1 is 1.10 bits per heavy atom. The maximum Gasteiger partial charge on any atom is 0.254 e. The molecule has 0 aliphatic heterocycles. The van der Waals surface area contributed by atoms with Gasteiger partial charge in [-0.05, 0) is 61.7 Å². The van der Waals surface area contributed by atoms with Gasteiger partial charge in [-0.15, -0.1) is 0 Å². The largest absolute Gasteiger partial charge is 0.334 e. The fourth-order valence-corrected chi connectivity index (χ4v) is 3.98. The van der Waals surface area contributed by atoms with E-state index in [4.69, 9.17) is 17.3 Å². The first-order chi connectivity index (χ1) is 14.9. The average molecular weight is 450 g/mol. The van der Waals surface area contributed by atoms with Gasteiger partial charge in [-0.1, -0.05) is 24.4 Å². The maximum atomic E-state index is 13.6. The van der Waals surface area contributed by atoms with Gasteiger partial charge in [0.05, 0.1) is 0 Å². The van der Waals surface area contributed by atoms with Gasteiger partial charge in [0.25, 0.3) is 5.91 Å². The van der Waals surface area contributed by atoms with Crippen LogP contribution in [0.15, 0.2) is 36.4 Å². The van der Waals surface area contributed by atoms with Crippen molar-refractivity contribution in [2.45, 2.75) is 38.6 Å². The fraction of sp³-hybridized carbons (Fsp3) is 0.391. The third kappa shape index (κ3) is 6.24. The van der Waals surface area contributed by atoms with Crippen molar-refractivity contribution >= 4 is 29.1 Å². The summed E-state index contributed by atoms with van der Waals surface area (Å²) in [6.07, 6.45) is 4.40. The zero-order valence-electron chi connectivity index (χ0n) is 17.2. The van der Waals surface area contributed by atoms with Gasteiger partial charge in [0.2, 0.25) is 5.91 Å². The molecule has 1 aliphatic rings. The number of halogens is 3. The molecule has 0 aromatic heterocycles. The molecule has 166 valence electrons. The first-order valence-corrected chi connectivity index (χ1v) is 10.8. The molecule has 2 aromatic carbocycles. The van der Waals surface area contributed by atoms with E-state index >= 15 is 0 Å². The molecular formula is C23H26ClF2N3O2.